The molecule has 230 valence electrons. The number of carbonyl (C=O) groups is 1. The molecular formula is C25H28F5N5O5S2. The lowest BCUT2D eigenvalue weighted by molar-refractivity contribution is -0.274. The topological polar surface area (TPSA) is 139 Å². The lowest BCUT2D eigenvalue weighted by Gasteiger charge is -2.38. The minimum atomic E-state index is -4.91. The molecule has 0 unspecified atom stereocenters. The highest BCUT2D eigenvalue weighted by molar-refractivity contribution is 7.89. The predicted octanol–water partition coefficient (Wildman–Crippen LogP) is 4.36. The molecule has 1 aliphatic rings. The summed E-state index contributed by atoms with van der Waals surface area (Å²) in [5, 5.41) is 10.0. The average molecular weight is 638 g/mol. The van der Waals surface area contributed by atoms with Gasteiger partial charge in [-0.05, 0) is 36.8 Å². The van der Waals surface area contributed by atoms with Crippen molar-refractivity contribution in [2.24, 2.45) is 5.73 Å². The molecule has 0 spiro atoms. The average Bonchev–Trinajstić information content (AvgIpc) is 3.38. The largest absolute Gasteiger partial charge is 0.573 e. The number of halogens is 5. The van der Waals surface area contributed by atoms with E-state index in [1.807, 2.05) is 0 Å². The molecule has 0 aliphatic carbocycles. The van der Waals surface area contributed by atoms with Crippen molar-refractivity contribution in [3.8, 4) is 5.75 Å². The highest BCUT2D eigenvalue weighted by atomic mass is 32.2. The van der Waals surface area contributed by atoms with Crippen molar-refractivity contribution in [1.82, 2.24) is 13.7 Å². The molecule has 17 heteroatoms. The molecule has 1 aromatic heterocycles. The number of nitrogens with zero attached hydrogens (tertiary/aromatic N) is 4. The van der Waals surface area contributed by atoms with E-state index >= 15 is 0 Å². The van der Waals surface area contributed by atoms with Crippen molar-refractivity contribution in [1.29, 1.82) is 0 Å². The SMILES string of the molecule is CCC(F)(F)c1ccc(CN)cc1.Cc1nsc(N2CCN(S(=O)(=O)c3ccc(OC(F)(F)F)cc3)[C@@H](C(=O)O)C2)n1. The van der Waals surface area contributed by atoms with Gasteiger partial charge in [0.2, 0.25) is 15.2 Å². The summed E-state index contributed by atoms with van der Waals surface area (Å²) in [5.74, 6) is -4.13. The van der Waals surface area contributed by atoms with Gasteiger partial charge in [0, 0.05) is 49.7 Å². The van der Waals surface area contributed by atoms with Crippen molar-refractivity contribution >= 4 is 32.7 Å². The number of carboxylic acids is 1. The fourth-order valence-corrected chi connectivity index (χ4v) is 6.15. The second-order valence-electron chi connectivity index (χ2n) is 9.02. The minimum absolute atomic E-state index is 0.0622. The summed E-state index contributed by atoms with van der Waals surface area (Å²) in [6, 6.07) is 8.34. The lowest BCUT2D eigenvalue weighted by atomic mass is 10.0. The number of hydrogen-bond acceptors (Lipinski definition) is 9. The normalized spacial score (nSPS) is 16.5. The molecular weight excluding hydrogens is 609 g/mol. The Balaban J connectivity index is 0.000000312. The highest BCUT2D eigenvalue weighted by Gasteiger charge is 2.41. The predicted molar refractivity (Wildman–Crippen MR) is 144 cm³/mol. The van der Waals surface area contributed by atoms with Crippen LogP contribution in [0.1, 0.15) is 30.3 Å². The second kappa shape index (κ2) is 13.3. The zero-order valence-electron chi connectivity index (χ0n) is 22.4. The van der Waals surface area contributed by atoms with Crippen molar-refractivity contribution in [2.75, 3.05) is 24.5 Å². The maximum absolute atomic E-state index is 13.1. The van der Waals surface area contributed by atoms with Crippen molar-refractivity contribution in [3.63, 3.8) is 0 Å². The molecule has 1 aliphatic heterocycles. The van der Waals surface area contributed by atoms with Gasteiger partial charge in [-0.15, -0.1) is 13.2 Å². The summed E-state index contributed by atoms with van der Waals surface area (Å²) in [7, 11) is -4.26. The van der Waals surface area contributed by atoms with Crippen LogP contribution < -0.4 is 15.4 Å². The van der Waals surface area contributed by atoms with Gasteiger partial charge < -0.3 is 20.5 Å². The summed E-state index contributed by atoms with van der Waals surface area (Å²) < 4.78 is 97.3. The Labute approximate surface area is 242 Å². The van der Waals surface area contributed by atoms with Gasteiger partial charge >= 0.3 is 12.3 Å². The molecule has 0 bridgehead atoms. The van der Waals surface area contributed by atoms with Gasteiger partial charge in [0.25, 0.3) is 5.92 Å². The van der Waals surface area contributed by atoms with Crippen LogP contribution in [0.15, 0.2) is 53.4 Å². The fourth-order valence-electron chi connectivity index (χ4n) is 3.88. The van der Waals surface area contributed by atoms with Gasteiger partial charge in [0.1, 0.15) is 17.6 Å². The highest BCUT2D eigenvalue weighted by Crippen LogP contribution is 2.31. The van der Waals surface area contributed by atoms with E-state index in [2.05, 4.69) is 14.1 Å². The summed E-state index contributed by atoms with van der Waals surface area (Å²) in [6.07, 6.45) is -5.08. The van der Waals surface area contributed by atoms with Crippen LogP contribution in [0.2, 0.25) is 0 Å². The molecule has 2 heterocycles. The molecule has 42 heavy (non-hydrogen) atoms. The third kappa shape index (κ3) is 8.33. The maximum Gasteiger partial charge on any atom is 0.573 e. The lowest BCUT2D eigenvalue weighted by Crippen LogP contribution is -2.58. The van der Waals surface area contributed by atoms with Crippen molar-refractivity contribution in [3.05, 3.63) is 65.5 Å². The number of hydrogen-bond donors (Lipinski definition) is 2. The number of piperazine rings is 1. The van der Waals surface area contributed by atoms with Gasteiger partial charge in [0.15, 0.2) is 0 Å². The Morgan fingerprint density at radius 2 is 1.71 bits per heavy atom. The molecule has 3 aromatic rings. The number of sulfonamides is 1. The fraction of sp³-hybridized carbons (Fsp3) is 0.400. The number of alkyl halides is 5. The molecule has 1 atom stereocenters. The Hall–Kier alpha value is -3.41. The Bertz CT molecular complexity index is 1450. The first-order valence-electron chi connectivity index (χ1n) is 12.4. The molecule has 4 rings (SSSR count). The van der Waals surface area contributed by atoms with Gasteiger partial charge in [-0.2, -0.15) is 8.68 Å². The summed E-state index contributed by atoms with van der Waals surface area (Å²) in [5.41, 5.74) is 6.29. The zero-order chi connectivity index (χ0) is 31.3. The smallest absolute Gasteiger partial charge is 0.480 e. The number of aromatic nitrogens is 2. The number of anilines is 1. The van der Waals surface area contributed by atoms with Gasteiger partial charge in [-0.25, -0.2) is 22.2 Å². The third-order valence-corrected chi connectivity index (χ3v) is 8.91. The number of rotatable bonds is 8. The third-order valence-electron chi connectivity index (χ3n) is 6.12. The van der Waals surface area contributed by atoms with E-state index in [1.165, 1.54) is 19.1 Å². The quantitative estimate of drug-likeness (QED) is 0.345. The van der Waals surface area contributed by atoms with Gasteiger partial charge in [-0.3, -0.25) is 4.79 Å². The first-order valence-corrected chi connectivity index (χ1v) is 14.6. The molecule has 0 amide bonds. The van der Waals surface area contributed by atoms with Crippen LogP contribution in [0.25, 0.3) is 0 Å². The second-order valence-corrected chi connectivity index (χ2v) is 11.6. The molecule has 2 aromatic carbocycles. The molecule has 1 saturated heterocycles. The Morgan fingerprint density at radius 3 is 2.19 bits per heavy atom. The first kappa shape index (κ1) is 33.1. The Morgan fingerprint density at radius 1 is 1.10 bits per heavy atom. The minimum Gasteiger partial charge on any atom is -0.480 e. The van der Waals surface area contributed by atoms with E-state index in [-0.39, 0.29) is 36.5 Å². The summed E-state index contributed by atoms with van der Waals surface area (Å²) in [4.78, 5) is 17.2. The van der Waals surface area contributed by atoms with Crippen molar-refractivity contribution in [2.45, 2.75) is 50.0 Å². The van der Waals surface area contributed by atoms with Crippen LogP contribution in [0.4, 0.5) is 27.1 Å². The van der Waals surface area contributed by atoms with E-state index < -0.39 is 40.1 Å². The van der Waals surface area contributed by atoms with Crippen molar-refractivity contribution < 1.29 is 45.0 Å². The van der Waals surface area contributed by atoms with E-state index in [0.29, 0.717) is 17.5 Å². The van der Waals surface area contributed by atoms with Crippen LogP contribution in [0.3, 0.4) is 0 Å². The molecule has 0 saturated carbocycles. The Kier molecular flexibility index (Phi) is 10.5. The van der Waals surface area contributed by atoms with Gasteiger partial charge in [0.05, 0.1) is 4.90 Å². The summed E-state index contributed by atoms with van der Waals surface area (Å²) >= 11 is 1.08. The van der Waals surface area contributed by atoms with Crippen LogP contribution in [0.5, 0.6) is 5.75 Å². The van der Waals surface area contributed by atoms with Crippen LogP contribution in [0, 0.1) is 6.92 Å². The van der Waals surface area contributed by atoms with Crippen LogP contribution in [-0.2, 0) is 27.3 Å². The maximum atomic E-state index is 13.1. The zero-order valence-corrected chi connectivity index (χ0v) is 24.0. The number of ether oxygens (including phenoxy) is 1. The molecule has 1 fully saturated rings. The number of aliphatic carboxylic acids is 1. The monoisotopic (exact) mass is 637 g/mol. The standard InChI is InChI=1S/C15H15F3N4O5S2.C10H13F2N/c1-9-19-14(28-20-9)21-6-7-22(12(8-21)13(23)24)29(25,26)11-4-2-10(3-5-11)27-15(16,17)18;1-2-10(11,12)9-5-3-8(7-13)4-6-9/h2-5,12H,6-8H2,1H3,(H,23,24);3-6H,2,7,13H2,1H3/t12-;/m1./s1. The van der Waals surface area contributed by atoms with E-state index in [9.17, 15) is 40.3 Å². The van der Waals surface area contributed by atoms with E-state index in [4.69, 9.17) is 5.73 Å². The molecule has 0 radical (unpaired) electrons. The number of aryl methyl sites for hydroxylation is 1. The van der Waals surface area contributed by atoms with E-state index in [0.717, 1.165) is 45.7 Å². The molecule has 10 nitrogen and oxygen atoms in total. The van der Waals surface area contributed by atoms with Gasteiger partial charge in [-0.1, -0.05) is 31.2 Å². The first-order chi connectivity index (χ1) is 19.6. The molecule has 3 N–H and O–H groups in total. The van der Waals surface area contributed by atoms with Crippen LogP contribution in [-0.4, -0.2) is 65.2 Å². The van der Waals surface area contributed by atoms with Crippen LogP contribution >= 0.6 is 11.5 Å². The number of nitrogens with two attached hydrogens (primary N) is 1. The number of benzene rings is 2. The number of carboxylic acid groups (broad SMARTS) is 1. The van der Waals surface area contributed by atoms with E-state index in [1.54, 1.807) is 24.0 Å². The summed E-state index contributed by atoms with van der Waals surface area (Å²) in [6.45, 7) is 3.44.